The number of carbonyl (C=O) groups is 1. The minimum atomic E-state index is -0.402. The minimum Gasteiger partial charge on any atom is -0.344 e. The Hall–Kier alpha value is -2.95. The molecule has 0 saturated carbocycles. The highest BCUT2D eigenvalue weighted by molar-refractivity contribution is 14.1. The first-order valence-corrected chi connectivity index (χ1v) is 10.1. The Morgan fingerprint density at radius 2 is 1.90 bits per heavy atom. The maximum absolute atomic E-state index is 12.3. The summed E-state index contributed by atoms with van der Waals surface area (Å²) in [7, 11) is 0. The molecular weight excluding hydrogens is 483 g/mol. The summed E-state index contributed by atoms with van der Waals surface area (Å²) >= 11 is 2.26. The lowest BCUT2D eigenvalue weighted by molar-refractivity contribution is 0.0907. The lowest BCUT2D eigenvalue weighted by Crippen LogP contribution is -2.23. The van der Waals surface area contributed by atoms with Crippen LogP contribution in [-0.2, 0) is 13.1 Å². The molecule has 4 aromatic rings. The molecule has 3 aromatic heterocycles. The number of rotatable bonds is 6. The van der Waals surface area contributed by atoms with Crippen molar-refractivity contribution in [2.75, 3.05) is 0 Å². The van der Waals surface area contributed by atoms with Crippen molar-refractivity contribution in [3.63, 3.8) is 0 Å². The van der Waals surface area contributed by atoms with Gasteiger partial charge >= 0.3 is 11.8 Å². The molecule has 8 nitrogen and oxygen atoms in total. The third-order valence-corrected chi connectivity index (χ3v) is 6.10. The molecule has 0 bridgehead atoms. The number of aryl methyl sites for hydroxylation is 1. The lowest BCUT2D eigenvalue weighted by atomic mass is 10.2. The van der Waals surface area contributed by atoms with Crippen molar-refractivity contribution in [3.8, 4) is 5.69 Å². The van der Waals surface area contributed by atoms with Gasteiger partial charge in [-0.2, -0.15) is 10.1 Å². The number of amides is 1. The number of benzene rings is 1. The summed E-state index contributed by atoms with van der Waals surface area (Å²) in [4.78, 5) is 16.5. The first kappa shape index (κ1) is 19.4. The highest BCUT2D eigenvalue weighted by atomic mass is 127. The van der Waals surface area contributed by atoms with E-state index in [0.717, 1.165) is 26.2 Å². The van der Waals surface area contributed by atoms with Crippen molar-refractivity contribution in [1.82, 2.24) is 29.8 Å². The SMILES string of the molecule is Cc1nn(Cc2noc(C(=O)NCc3ccc(-n4cccc4)cc3)n2)c(C)c1I. The Kier molecular flexibility index (Phi) is 5.47. The molecule has 1 amide bonds. The summed E-state index contributed by atoms with van der Waals surface area (Å²) in [6, 6.07) is 11.9. The molecule has 3 heterocycles. The fourth-order valence-electron chi connectivity index (χ4n) is 2.92. The van der Waals surface area contributed by atoms with Crippen LogP contribution in [0.2, 0.25) is 0 Å². The number of halogens is 1. The second kappa shape index (κ2) is 8.19. The summed E-state index contributed by atoms with van der Waals surface area (Å²) in [5.41, 5.74) is 4.02. The summed E-state index contributed by atoms with van der Waals surface area (Å²) in [6.07, 6.45) is 3.97. The molecule has 0 atom stereocenters. The zero-order valence-electron chi connectivity index (χ0n) is 16.0. The lowest BCUT2D eigenvalue weighted by Gasteiger charge is -2.06. The van der Waals surface area contributed by atoms with Gasteiger partial charge in [-0.3, -0.25) is 9.48 Å². The molecule has 4 rings (SSSR count). The largest absolute Gasteiger partial charge is 0.344 e. The quantitative estimate of drug-likeness (QED) is 0.409. The second-order valence-corrected chi connectivity index (χ2v) is 7.68. The molecule has 0 saturated heterocycles. The second-order valence-electron chi connectivity index (χ2n) is 6.60. The smallest absolute Gasteiger partial charge is 0.316 e. The van der Waals surface area contributed by atoms with E-state index in [9.17, 15) is 4.79 Å². The Balaban J connectivity index is 1.36. The zero-order valence-corrected chi connectivity index (χ0v) is 18.1. The van der Waals surface area contributed by atoms with Gasteiger partial charge in [-0.1, -0.05) is 17.3 Å². The maximum Gasteiger partial charge on any atom is 0.316 e. The van der Waals surface area contributed by atoms with E-state index in [1.165, 1.54) is 0 Å². The summed E-state index contributed by atoms with van der Waals surface area (Å²) in [6.45, 7) is 4.66. The van der Waals surface area contributed by atoms with Gasteiger partial charge in [-0.05, 0) is 66.3 Å². The number of aromatic nitrogens is 5. The van der Waals surface area contributed by atoms with Crippen LogP contribution < -0.4 is 5.32 Å². The van der Waals surface area contributed by atoms with Gasteiger partial charge in [0, 0.05) is 30.3 Å². The number of carbonyl (C=O) groups excluding carboxylic acids is 1. The number of hydrogen-bond donors (Lipinski definition) is 1. The van der Waals surface area contributed by atoms with E-state index in [-0.39, 0.29) is 5.89 Å². The van der Waals surface area contributed by atoms with Crippen molar-refractivity contribution in [2.45, 2.75) is 26.9 Å². The van der Waals surface area contributed by atoms with Crippen LogP contribution in [0.3, 0.4) is 0 Å². The zero-order chi connectivity index (χ0) is 20.4. The molecule has 0 unspecified atom stereocenters. The fourth-order valence-corrected chi connectivity index (χ4v) is 3.31. The molecule has 0 spiro atoms. The van der Waals surface area contributed by atoms with Gasteiger partial charge in [-0.15, -0.1) is 0 Å². The minimum absolute atomic E-state index is 0.0554. The Bertz CT molecular complexity index is 1130. The van der Waals surface area contributed by atoms with Gasteiger partial charge in [0.2, 0.25) is 0 Å². The van der Waals surface area contributed by atoms with Gasteiger partial charge < -0.3 is 14.4 Å². The maximum atomic E-state index is 12.3. The predicted molar refractivity (Wildman–Crippen MR) is 115 cm³/mol. The average molecular weight is 502 g/mol. The third kappa shape index (κ3) is 4.24. The molecule has 0 aliphatic rings. The normalized spacial score (nSPS) is 11.0. The van der Waals surface area contributed by atoms with Crippen molar-refractivity contribution < 1.29 is 9.32 Å². The van der Waals surface area contributed by atoms with Crippen LogP contribution in [0.25, 0.3) is 5.69 Å². The van der Waals surface area contributed by atoms with Gasteiger partial charge in [0.15, 0.2) is 5.82 Å². The molecule has 148 valence electrons. The van der Waals surface area contributed by atoms with E-state index in [2.05, 4.69) is 43.1 Å². The van der Waals surface area contributed by atoms with Crippen molar-refractivity contribution in [3.05, 3.63) is 81.0 Å². The van der Waals surface area contributed by atoms with Gasteiger partial charge in [0.1, 0.15) is 6.54 Å². The van der Waals surface area contributed by atoms with Crippen LogP contribution in [-0.4, -0.2) is 30.4 Å². The Morgan fingerprint density at radius 1 is 1.17 bits per heavy atom. The molecular formula is C20H19IN6O2. The van der Waals surface area contributed by atoms with E-state index in [0.29, 0.717) is 18.9 Å². The Labute approximate surface area is 181 Å². The van der Waals surface area contributed by atoms with E-state index >= 15 is 0 Å². The van der Waals surface area contributed by atoms with Crippen LogP contribution in [0.4, 0.5) is 0 Å². The van der Waals surface area contributed by atoms with E-state index < -0.39 is 5.91 Å². The van der Waals surface area contributed by atoms with Crippen LogP contribution >= 0.6 is 22.6 Å². The first-order valence-electron chi connectivity index (χ1n) is 9.04. The van der Waals surface area contributed by atoms with E-state index in [1.54, 1.807) is 4.68 Å². The van der Waals surface area contributed by atoms with Gasteiger partial charge in [0.25, 0.3) is 0 Å². The summed E-state index contributed by atoms with van der Waals surface area (Å²) in [5.74, 6) is -0.0467. The van der Waals surface area contributed by atoms with E-state index in [1.807, 2.05) is 67.2 Å². The van der Waals surface area contributed by atoms with Crippen molar-refractivity contribution in [1.29, 1.82) is 0 Å². The third-order valence-electron chi connectivity index (χ3n) is 4.54. The van der Waals surface area contributed by atoms with Crippen LogP contribution in [0, 0.1) is 17.4 Å². The Morgan fingerprint density at radius 3 is 2.55 bits per heavy atom. The topological polar surface area (TPSA) is 90.8 Å². The highest BCUT2D eigenvalue weighted by Crippen LogP contribution is 2.16. The number of nitrogens with one attached hydrogen (secondary N) is 1. The molecule has 0 fully saturated rings. The molecule has 9 heteroatoms. The standard InChI is InChI=1S/C20H19IN6O2/c1-13-18(21)14(2)27(24-13)12-17-23-20(29-25-17)19(28)22-11-15-5-7-16(8-6-15)26-9-3-4-10-26/h3-10H,11-12H2,1-2H3,(H,22,28). The van der Waals surface area contributed by atoms with Crippen LogP contribution in [0.5, 0.6) is 0 Å². The predicted octanol–water partition coefficient (Wildman–Crippen LogP) is 3.26. The summed E-state index contributed by atoms with van der Waals surface area (Å²) < 4.78 is 10.0. The van der Waals surface area contributed by atoms with Crippen LogP contribution in [0.1, 0.15) is 33.5 Å². The molecule has 0 aliphatic carbocycles. The van der Waals surface area contributed by atoms with Crippen molar-refractivity contribution >= 4 is 28.5 Å². The van der Waals surface area contributed by atoms with Gasteiger partial charge in [0.05, 0.1) is 9.26 Å². The number of hydrogen-bond acceptors (Lipinski definition) is 5. The molecule has 1 N–H and O–H groups in total. The summed E-state index contributed by atoms with van der Waals surface area (Å²) in [5, 5.41) is 11.1. The first-order chi connectivity index (χ1) is 14.0. The van der Waals surface area contributed by atoms with Crippen molar-refractivity contribution in [2.24, 2.45) is 0 Å². The fraction of sp³-hybridized carbons (Fsp3) is 0.200. The molecule has 29 heavy (non-hydrogen) atoms. The molecule has 0 aliphatic heterocycles. The van der Waals surface area contributed by atoms with Gasteiger partial charge in [-0.25, -0.2) is 0 Å². The van der Waals surface area contributed by atoms with Crippen LogP contribution in [0.15, 0.2) is 53.3 Å². The molecule has 1 aromatic carbocycles. The molecule has 0 radical (unpaired) electrons. The number of nitrogens with zero attached hydrogens (tertiary/aromatic N) is 5. The van der Waals surface area contributed by atoms with E-state index in [4.69, 9.17) is 4.52 Å². The highest BCUT2D eigenvalue weighted by Gasteiger charge is 2.17. The monoisotopic (exact) mass is 502 g/mol. The average Bonchev–Trinajstić information content (AvgIpc) is 3.47.